The van der Waals surface area contributed by atoms with Gasteiger partial charge in [-0.05, 0) is 31.2 Å². The van der Waals surface area contributed by atoms with E-state index >= 15 is 0 Å². The van der Waals surface area contributed by atoms with Crippen LogP contribution in [-0.2, 0) is 25.7 Å². The number of ether oxygens (including phenoxy) is 1. The Morgan fingerprint density at radius 3 is 2.34 bits per heavy atom. The van der Waals surface area contributed by atoms with Crippen molar-refractivity contribution < 1.29 is 24.2 Å². The largest absolute Gasteiger partial charge is 0.394 e. The molecule has 2 saturated heterocycles. The monoisotopic (exact) mass is 561 g/mol. The summed E-state index contributed by atoms with van der Waals surface area (Å²) in [7, 11) is 0. The number of amides is 3. The minimum atomic E-state index is -1.28. The molecule has 5 aliphatic rings. The zero-order valence-corrected chi connectivity index (χ0v) is 24.3. The highest BCUT2D eigenvalue weighted by molar-refractivity contribution is 6.00. The number of aliphatic hydroxyl groups is 1. The molecule has 4 aliphatic heterocycles. The molecule has 1 aliphatic carbocycles. The second kappa shape index (κ2) is 11.0. The molecule has 1 unspecified atom stereocenters. The fourth-order valence-corrected chi connectivity index (χ4v) is 8.24. The molecule has 1 aromatic rings. The smallest absolute Gasteiger partial charge is 0.249 e. The lowest BCUT2D eigenvalue weighted by molar-refractivity contribution is -0.158. The summed E-state index contributed by atoms with van der Waals surface area (Å²) in [5, 5.41) is 10.4. The zero-order valence-electron chi connectivity index (χ0n) is 24.3. The Hall–Kier alpha value is -2.97. The summed E-state index contributed by atoms with van der Waals surface area (Å²) in [5.74, 6) is -2.13. The third-order valence-electron chi connectivity index (χ3n) is 10.3. The number of hydrogen-bond donors (Lipinski definition) is 1. The Kier molecular flexibility index (Phi) is 7.57. The van der Waals surface area contributed by atoms with Gasteiger partial charge in [-0.3, -0.25) is 14.4 Å². The zero-order chi connectivity index (χ0) is 28.8. The topological polar surface area (TPSA) is 90.4 Å². The lowest BCUT2D eigenvalue weighted by atomic mass is 9.73. The van der Waals surface area contributed by atoms with Crippen LogP contribution < -0.4 is 0 Å². The molecule has 4 heterocycles. The van der Waals surface area contributed by atoms with Crippen LogP contribution in [0.5, 0.6) is 0 Å². The Balaban J connectivity index is 1.45. The molecule has 1 aromatic carbocycles. The number of carbonyl (C=O) groups excluding carboxylic acids is 3. The van der Waals surface area contributed by atoms with E-state index in [-0.39, 0.29) is 30.4 Å². The average molecular weight is 562 g/mol. The number of nitrogens with zero attached hydrogens (tertiary/aromatic N) is 3. The second-order valence-electron chi connectivity index (χ2n) is 12.4. The number of fused-ring (bicyclic) bond motifs is 2. The van der Waals surface area contributed by atoms with Gasteiger partial charge in [-0.25, -0.2) is 0 Å². The van der Waals surface area contributed by atoms with Crippen molar-refractivity contribution >= 4 is 17.7 Å². The third kappa shape index (κ3) is 4.36. The van der Waals surface area contributed by atoms with Crippen LogP contribution in [0.4, 0.5) is 0 Å². The van der Waals surface area contributed by atoms with Crippen molar-refractivity contribution in [2.45, 2.75) is 94.7 Å². The van der Waals surface area contributed by atoms with Crippen molar-refractivity contribution in [3.63, 3.8) is 0 Å². The second-order valence-corrected chi connectivity index (χ2v) is 12.4. The summed E-state index contributed by atoms with van der Waals surface area (Å²) < 4.78 is 7.08. The average Bonchev–Trinajstić information content (AvgIpc) is 3.29. The number of carbonyl (C=O) groups is 3. The SMILES string of the molecule is CC[C@@H](CO)N1C(=O)[C@@H]2[C@H]3C(=O)N(Cc4ccccc4)CC=C[C@@]3(CC)O[C@@]23C=CCN(C2CCCCC2)C(=O)C13. The van der Waals surface area contributed by atoms with Crippen molar-refractivity contribution in [2.75, 3.05) is 19.7 Å². The highest BCUT2D eigenvalue weighted by atomic mass is 16.5. The molecule has 1 spiro atoms. The lowest BCUT2D eigenvalue weighted by Crippen LogP contribution is -2.60. The van der Waals surface area contributed by atoms with E-state index in [1.807, 2.05) is 73.4 Å². The Labute approximate surface area is 243 Å². The van der Waals surface area contributed by atoms with Crippen LogP contribution in [0.3, 0.4) is 0 Å². The number of likely N-dealkylation sites (tertiary alicyclic amines) is 1. The highest BCUT2D eigenvalue weighted by Gasteiger charge is 2.76. The van der Waals surface area contributed by atoms with E-state index in [0.29, 0.717) is 32.5 Å². The van der Waals surface area contributed by atoms with Crippen molar-refractivity contribution in [3.05, 3.63) is 60.2 Å². The van der Waals surface area contributed by atoms with Crippen LogP contribution >= 0.6 is 0 Å². The van der Waals surface area contributed by atoms with E-state index in [1.54, 1.807) is 9.80 Å². The molecule has 3 amide bonds. The summed E-state index contributed by atoms with van der Waals surface area (Å²) in [6.07, 6.45) is 14.1. The first-order valence-corrected chi connectivity index (χ1v) is 15.5. The van der Waals surface area contributed by atoms with Crippen LogP contribution in [-0.4, -0.2) is 86.6 Å². The third-order valence-corrected chi connectivity index (χ3v) is 10.3. The van der Waals surface area contributed by atoms with Gasteiger partial charge in [-0.2, -0.15) is 0 Å². The molecular weight excluding hydrogens is 518 g/mol. The lowest BCUT2D eigenvalue weighted by Gasteiger charge is -2.42. The maximum absolute atomic E-state index is 14.6. The van der Waals surface area contributed by atoms with E-state index in [0.717, 1.165) is 31.2 Å². The van der Waals surface area contributed by atoms with Gasteiger partial charge in [0.2, 0.25) is 17.7 Å². The molecule has 220 valence electrons. The van der Waals surface area contributed by atoms with Gasteiger partial charge in [-0.15, -0.1) is 0 Å². The van der Waals surface area contributed by atoms with Gasteiger partial charge in [0.15, 0.2) is 0 Å². The van der Waals surface area contributed by atoms with Gasteiger partial charge in [-0.1, -0.05) is 87.7 Å². The molecule has 0 radical (unpaired) electrons. The number of aliphatic hydroxyl groups excluding tert-OH is 1. The van der Waals surface area contributed by atoms with Crippen LogP contribution in [0, 0.1) is 11.8 Å². The predicted octanol–water partition coefficient (Wildman–Crippen LogP) is 3.45. The van der Waals surface area contributed by atoms with Crippen LogP contribution in [0.1, 0.15) is 64.4 Å². The van der Waals surface area contributed by atoms with E-state index in [4.69, 9.17) is 4.74 Å². The molecule has 1 saturated carbocycles. The standard InChI is InChI=1S/C33H43N3O5/c1-3-24(22-37)36-28-31(40)35(25-15-9-6-10-16-25)20-12-18-33(28)27(30(36)39)26-29(38)34(21-23-13-7-5-8-14-23)19-11-17-32(26,4-2)41-33/h5,7-8,11-14,17-18,24-28,37H,3-4,6,9-10,15-16,19-22H2,1-2H3/t24-,26-,27-,28?,32+,33-/m0/s1. The van der Waals surface area contributed by atoms with Crippen LogP contribution in [0.15, 0.2) is 54.6 Å². The number of benzene rings is 1. The van der Waals surface area contributed by atoms with Gasteiger partial charge < -0.3 is 24.5 Å². The minimum Gasteiger partial charge on any atom is -0.394 e. The first-order chi connectivity index (χ1) is 19.9. The highest BCUT2D eigenvalue weighted by Crippen LogP contribution is 2.59. The van der Waals surface area contributed by atoms with E-state index < -0.39 is 35.1 Å². The minimum absolute atomic E-state index is 0.120. The van der Waals surface area contributed by atoms with Crippen molar-refractivity contribution in [3.8, 4) is 0 Å². The molecule has 41 heavy (non-hydrogen) atoms. The Bertz CT molecular complexity index is 1220. The number of rotatable bonds is 7. The fraction of sp³-hybridized carbons (Fsp3) is 0.606. The first-order valence-electron chi connectivity index (χ1n) is 15.5. The van der Waals surface area contributed by atoms with Gasteiger partial charge in [0, 0.05) is 25.7 Å². The molecule has 8 heteroatoms. The molecule has 6 rings (SSSR count). The van der Waals surface area contributed by atoms with Gasteiger partial charge in [0.25, 0.3) is 0 Å². The summed E-state index contributed by atoms with van der Waals surface area (Å²) in [5.41, 5.74) is -1.27. The van der Waals surface area contributed by atoms with Crippen LogP contribution in [0.25, 0.3) is 0 Å². The predicted molar refractivity (Wildman–Crippen MR) is 154 cm³/mol. The maximum Gasteiger partial charge on any atom is 0.249 e. The van der Waals surface area contributed by atoms with Gasteiger partial charge in [0.1, 0.15) is 11.6 Å². The Morgan fingerprint density at radius 2 is 1.66 bits per heavy atom. The van der Waals surface area contributed by atoms with E-state index in [9.17, 15) is 19.5 Å². The van der Waals surface area contributed by atoms with Crippen molar-refractivity contribution in [1.82, 2.24) is 14.7 Å². The molecule has 6 atom stereocenters. The summed E-state index contributed by atoms with van der Waals surface area (Å²) in [6, 6.07) is 8.54. The van der Waals surface area contributed by atoms with E-state index in [1.165, 1.54) is 6.42 Å². The van der Waals surface area contributed by atoms with Crippen molar-refractivity contribution in [2.24, 2.45) is 11.8 Å². The molecule has 3 fully saturated rings. The molecule has 8 nitrogen and oxygen atoms in total. The van der Waals surface area contributed by atoms with Crippen LogP contribution in [0.2, 0.25) is 0 Å². The molecule has 0 bridgehead atoms. The quantitative estimate of drug-likeness (QED) is 0.515. The van der Waals surface area contributed by atoms with Gasteiger partial charge >= 0.3 is 0 Å². The molecule has 0 aromatic heterocycles. The molecule has 1 N–H and O–H groups in total. The molecular formula is C33H43N3O5. The van der Waals surface area contributed by atoms with E-state index in [2.05, 4.69) is 0 Å². The Morgan fingerprint density at radius 1 is 0.927 bits per heavy atom. The van der Waals surface area contributed by atoms with Gasteiger partial charge in [0.05, 0.1) is 30.1 Å². The summed E-state index contributed by atoms with van der Waals surface area (Å²) in [6.45, 7) is 4.98. The first kappa shape index (κ1) is 28.2. The fourth-order valence-electron chi connectivity index (χ4n) is 8.24. The normalized spacial score (nSPS) is 34.4. The summed E-state index contributed by atoms with van der Waals surface area (Å²) in [4.78, 5) is 49.1. The number of hydrogen-bond acceptors (Lipinski definition) is 5. The maximum atomic E-state index is 14.6. The summed E-state index contributed by atoms with van der Waals surface area (Å²) >= 11 is 0. The van der Waals surface area contributed by atoms with Crippen molar-refractivity contribution in [1.29, 1.82) is 0 Å².